The van der Waals surface area contributed by atoms with E-state index in [4.69, 9.17) is 51.1 Å². The second-order valence-corrected chi connectivity index (χ2v) is 6.83. The molecule has 1 unspecified atom stereocenters. The van der Waals surface area contributed by atoms with Gasteiger partial charge in [-0.25, -0.2) is 9.59 Å². The van der Waals surface area contributed by atoms with Gasteiger partial charge in [0.25, 0.3) is 0 Å². The monoisotopic (exact) mass is 410 g/mol. The molecule has 4 nitrogen and oxygen atoms in total. The molecular formula is C16H14Cl4O4. The summed E-state index contributed by atoms with van der Waals surface area (Å²) in [4.78, 5) is 24.0. The van der Waals surface area contributed by atoms with Gasteiger partial charge in [-0.3, -0.25) is 0 Å². The first-order valence-electron chi connectivity index (χ1n) is 7.29. The van der Waals surface area contributed by atoms with E-state index in [0.29, 0.717) is 12.8 Å². The Kier molecular flexibility index (Phi) is 6.81. The van der Waals surface area contributed by atoms with Crippen molar-refractivity contribution in [2.24, 2.45) is 0 Å². The van der Waals surface area contributed by atoms with E-state index < -0.39 is 17.5 Å². The van der Waals surface area contributed by atoms with E-state index in [-0.39, 0.29) is 31.8 Å². The number of hydrogen-bond donors (Lipinski definition) is 1. The molecule has 0 saturated carbocycles. The number of carboxylic acids is 1. The Bertz CT molecular complexity index is 700. The van der Waals surface area contributed by atoms with Gasteiger partial charge in [0.15, 0.2) is 0 Å². The molecule has 1 N–H and O–H groups in total. The van der Waals surface area contributed by atoms with E-state index in [1.165, 1.54) is 0 Å². The van der Waals surface area contributed by atoms with Crippen LogP contribution < -0.4 is 0 Å². The van der Waals surface area contributed by atoms with Crippen LogP contribution >= 0.6 is 46.4 Å². The standard InChI is InChI=1S/C16H14Cl4O4/c17-11-9(15(21)22)10(12(18)14(20)13(11)19)16(23)24-8-6-4-2-1-3-5-7-8/h1-2,8H,3-7H2,(H,21,22). The molecule has 0 bridgehead atoms. The van der Waals surface area contributed by atoms with Crippen molar-refractivity contribution in [3.63, 3.8) is 0 Å². The lowest BCUT2D eigenvalue weighted by Gasteiger charge is -2.20. The quantitative estimate of drug-likeness (QED) is 0.285. The number of carbonyl (C=O) groups is 2. The van der Waals surface area contributed by atoms with E-state index in [9.17, 15) is 14.7 Å². The summed E-state index contributed by atoms with van der Waals surface area (Å²) in [6.07, 6.45) is 7.70. The van der Waals surface area contributed by atoms with Gasteiger partial charge in [-0.15, -0.1) is 0 Å². The number of benzene rings is 1. The maximum absolute atomic E-state index is 12.5. The van der Waals surface area contributed by atoms with Crippen molar-refractivity contribution in [1.82, 2.24) is 0 Å². The molecule has 0 radical (unpaired) electrons. The molecule has 1 aliphatic carbocycles. The average Bonchev–Trinajstić information content (AvgIpc) is 2.50. The summed E-state index contributed by atoms with van der Waals surface area (Å²) in [5, 5.41) is 8.35. The SMILES string of the molecule is O=C(O)c1c(Cl)c(Cl)c(Cl)c(Cl)c1C(=O)OC1CCC=CCCC1. The zero-order valence-corrected chi connectivity index (χ0v) is 15.5. The van der Waals surface area contributed by atoms with E-state index in [1.807, 2.05) is 6.08 Å². The van der Waals surface area contributed by atoms with Crippen molar-refractivity contribution in [1.29, 1.82) is 0 Å². The zero-order chi connectivity index (χ0) is 17.9. The molecule has 0 heterocycles. The van der Waals surface area contributed by atoms with Crippen molar-refractivity contribution in [3.8, 4) is 0 Å². The van der Waals surface area contributed by atoms with Crippen LogP contribution in [0.4, 0.5) is 0 Å². The van der Waals surface area contributed by atoms with Crippen LogP contribution in [-0.4, -0.2) is 23.1 Å². The van der Waals surface area contributed by atoms with Crippen LogP contribution in [0.5, 0.6) is 0 Å². The van der Waals surface area contributed by atoms with Crippen molar-refractivity contribution < 1.29 is 19.4 Å². The minimum absolute atomic E-state index is 0.180. The summed E-state index contributed by atoms with van der Waals surface area (Å²) in [6, 6.07) is 0. The second-order valence-electron chi connectivity index (χ2n) is 5.32. The first-order valence-corrected chi connectivity index (χ1v) is 8.81. The molecule has 130 valence electrons. The van der Waals surface area contributed by atoms with Gasteiger partial charge in [-0.1, -0.05) is 58.6 Å². The first kappa shape index (κ1) is 19.4. The predicted octanol–water partition coefficient (Wildman–Crippen LogP) is 6.04. The Morgan fingerprint density at radius 2 is 1.50 bits per heavy atom. The molecule has 0 aromatic heterocycles. The minimum Gasteiger partial charge on any atom is -0.478 e. The van der Waals surface area contributed by atoms with Crippen LogP contribution in [0.2, 0.25) is 20.1 Å². The van der Waals surface area contributed by atoms with E-state index in [2.05, 4.69) is 6.08 Å². The minimum atomic E-state index is -1.44. The van der Waals surface area contributed by atoms with Gasteiger partial charge in [-0.05, 0) is 32.1 Å². The normalized spacial score (nSPS) is 17.9. The number of rotatable bonds is 3. The third-order valence-electron chi connectivity index (χ3n) is 3.68. The molecule has 8 heteroatoms. The van der Waals surface area contributed by atoms with Crippen molar-refractivity contribution in [2.75, 3.05) is 0 Å². The van der Waals surface area contributed by atoms with Gasteiger partial charge in [0, 0.05) is 0 Å². The third kappa shape index (κ3) is 4.17. The van der Waals surface area contributed by atoms with Crippen LogP contribution in [0.25, 0.3) is 0 Å². The highest BCUT2D eigenvalue weighted by Gasteiger charge is 2.31. The number of carbonyl (C=O) groups excluding carboxylic acids is 1. The average molecular weight is 412 g/mol. The predicted molar refractivity (Wildman–Crippen MR) is 94.9 cm³/mol. The largest absolute Gasteiger partial charge is 0.478 e. The maximum Gasteiger partial charge on any atom is 0.340 e. The van der Waals surface area contributed by atoms with Crippen molar-refractivity contribution in [2.45, 2.75) is 38.2 Å². The molecule has 0 spiro atoms. The molecule has 24 heavy (non-hydrogen) atoms. The highest BCUT2D eigenvalue weighted by Crippen LogP contribution is 2.42. The van der Waals surface area contributed by atoms with E-state index >= 15 is 0 Å². The molecule has 1 aromatic carbocycles. The molecule has 0 aliphatic heterocycles. The smallest absolute Gasteiger partial charge is 0.340 e. The molecule has 0 fully saturated rings. The molecule has 1 aliphatic rings. The fourth-order valence-electron chi connectivity index (χ4n) is 2.48. The van der Waals surface area contributed by atoms with Crippen LogP contribution in [0.1, 0.15) is 52.8 Å². The van der Waals surface area contributed by atoms with Crippen LogP contribution in [-0.2, 0) is 4.74 Å². The van der Waals surface area contributed by atoms with Gasteiger partial charge >= 0.3 is 11.9 Å². The lowest BCUT2D eigenvalue weighted by molar-refractivity contribution is 0.0253. The molecule has 0 saturated heterocycles. The Hall–Kier alpha value is -0.940. The molecular weight excluding hydrogens is 398 g/mol. The van der Waals surface area contributed by atoms with E-state index in [0.717, 1.165) is 19.3 Å². The number of hydrogen-bond acceptors (Lipinski definition) is 3. The molecule has 2 rings (SSSR count). The zero-order valence-electron chi connectivity index (χ0n) is 12.5. The molecule has 1 atom stereocenters. The molecule has 0 amide bonds. The Balaban J connectivity index is 2.38. The Labute approximate surface area is 159 Å². The highest BCUT2D eigenvalue weighted by molar-refractivity contribution is 6.54. The van der Waals surface area contributed by atoms with Crippen molar-refractivity contribution in [3.05, 3.63) is 43.4 Å². The fourth-order valence-corrected chi connectivity index (χ4v) is 3.49. The van der Waals surface area contributed by atoms with Crippen molar-refractivity contribution >= 4 is 58.3 Å². The summed E-state index contributed by atoms with van der Waals surface area (Å²) in [5.41, 5.74) is -0.882. The van der Waals surface area contributed by atoms with Gasteiger partial charge in [0.1, 0.15) is 6.10 Å². The first-order chi connectivity index (χ1) is 11.3. The molecule has 1 aromatic rings. The summed E-state index contributed by atoms with van der Waals surface area (Å²) >= 11 is 23.8. The summed E-state index contributed by atoms with van der Waals surface area (Å²) in [6.45, 7) is 0. The summed E-state index contributed by atoms with van der Waals surface area (Å²) < 4.78 is 5.45. The number of esters is 1. The highest BCUT2D eigenvalue weighted by atomic mass is 35.5. The van der Waals surface area contributed by atoms with Gasteiger partial charge in [0.05, 0.1) is 31.2 Å². The lowest BCUT2D eigenvalue weighted by atomic mass is 10.0. The van der Waals surface area contributed by atoms with E-state index in [1.54, 1.807) is 0 Å². The van der Waals surface area contributed by atoms with Crippen LogP contribution in [0, 0.1) is 0 Å². The van der Waals surface area contributed by atoms with Gasteiger partial charge < -0.3 is 9.84 Å². The lowest BCUT2D eigenvalue weighted by Crippen LogP contribution is -2.21. The van der Waals surface area contributed by atoms with Gasteiger partial charge in [-0.2, -0.15) is 0 Å². The fraction of sp³-hybridized carbons (Fsp3) is 0.375. The third-order valence-corrected chi connectivity index (χ3v) is 5.48. The van der Waals surface area contributed by atoms with Gasteiger partial charge in [0.2, 0.25) is 0 Å². The Morgan fingerprint density at radius 1 is 0.917 bits per heavy atom. The number of halogens is 4. The summed E-state index contributed by atoms with van der Waals surface area (Å²) in [7, 11) is 0. The van der Waals surface area contributed by atoms with Crippen LogP contribution in [0.15, 0.2) is 12.2 Å². The number of allylic oxidation sites excluding steroid dienone is 2. The topological polar surface area (TPSA) is 63.6 Å². The number of aromatic carboxylic acids is 1. The Morgan fingerprint density at radius 3 is 2.12 bits per heavy atom. The second kappa shape index (κ2) is 8.43. The number of ether oxygens (including phenoxy) is 1. The maximum atomic E-state index is 12.5. The van der Waals surface area contributed by atoms with Crippen LogP contribution in [0.3, 0.4) is 0 Å². The number of carboxylic acid groups (broad SMARTS) is 1. The summed E-state index contributed by atoms with van der Waals surface area (Å²) in [5.74, 6) is -2.31.